The fourth-order valence-electron chi connectivity index (χ4n) is 3.83. The Labute approximate surface area is 180 Å². The highest BCUT2D eigenvalue weighted by Gasteiger charge is 2.42. The van der Waals surface area contributed by atoms with Crippen LogP contribution in [-0.4, -0.2) is 65.9 Å². The Morgan fingerprint density at radius 3 is 2.13 bits per heavy atom. The number of amides is 2. The zero-order chi connectivity index (χ0) is 22.8. The van der Waals surface area contributed by atoms with Crippen molar-refractivity contribution in [3.05, 3.63) is 29.3 Å². The molecule has 0 radical (unpaired) electrons. The van der Waals surface area contributed by atoms with Gasteiger partial charge in [-0.05, 0) is 56.9 Å². The van der Waals surface area contributed by atoms with Gasteiger partial charge in [-0.2, -0.15) is 13.2 Å². The van der Waals surface area contributed by atoms with E-state index < -0.39 is 17.7 Å². The molecule has 6 nitrogen and oxygen atoms in total. The first-order valence-electron chi connectivity index (χ1n) is 10.5. The number of ether oxygens (including phenoxy) is 2. The van der Waals surface area contributed by atoms with Crippen molar-refractivity contribution in [2.75, 3.05) is 26.2 Å². The first kappa shape index (κ1) is 23.2. The van der Waals surface area contributed by atoms with Gasteiger partial charge in [-0.15, -0.1) is 0 Å². The smallest absolute Gasteiger partial charge is 0.471 e. The van der Waals surface area contributed by atoms with Gasteiger partial charge in [0.15, 0.2) is 0 Å². The fourth-order valence-corrected chi connectivity index (χ4v) is 3.83. The molecular formula is C22H29F3N2O4. The van der Waals surface area contributed by atoms with Crippen LogP contribution in [0.4, 0.5) is 18.0 Å². The van der Waals surface area contributed by atoms with E-state index in [-0.39, 0.29) is 25.3 Å². The van der Waals surface area contributed by atoms with E-state index in [4.69, 9.17) is 9.47 Å². The molecule has 1 aromatic rings. The number of hydrogen-bond donors (Lipinski definition) is 0. The second-order valence-electron chi connectivity index (χ2n) is 9.01. The third kappa shape index (κ3) is 6.27. The van der Waals surface area contributed by atoms with Gasteiger partial charge in [-0.25, -0.2) is 4.79 Å². The summed E-state index contributed by atoms with van der Waals surface area (Å²) < 4.78 is 49.7. The molecule has 2 aliphatic heterocycles. The highest BCUT2D eigenvalue weighted by molar-refractivity contribution is 5.82. The third-order valence-electron chi connectivity index (χ3n) is 5.41. The average molecular weight is 442 g/mol. The van der Waals surface area contributed by atoms with Crippen LogP contribution in [0.1, 0.15) is 44.7 Å². The van der Waals surface area contributed by atoms with Crippen LogP contribution in [-0.2, 0) is 22.4 Å². The van der Waals surface area contributed by atoms with Gasteiger partial charge in [0.05, 0.1) is 0 Å². The summed E-state index contributed by atoms with van der Waals surface area (Å²) in [5.74, 6) is -1.13. The van der Waals surface area contributed by atoms with Crippen LogP contribution in [0.25, 0.3) is 0 Å². The van der Waals surface area contributed by atoms with E-state index in [0.717, 1.165) is 16.0 Å². The van der Waals surface area contributed by atoms with Crippen molar-refractivity contribution < 1.29 is 32.2 Å². The van der Waals surface area contributed by atoms with Crippen molar-refractivity contribution in [3.63, 3.8) is 0 Å². The van der Waals surface area contributed by atoms with Crippen molar-refractivity contribution in [1.29, 1.82) is 0 Å². The number of piperidine rings is 1. The van der Waals surface area contributed by atoms with E-state index in [2.05, 4.69) is 0 Å². The molecule has 3 rings (SSSR count). The van der Waals surface area contributed by atoms with E-state index >= 15 is 0 Å². The summed E-state index contributed by atoms with van der Waals surface area (Å²) in [5, 5.41) is 0. The number of halogens is 3. The Morgan fingerprint density at radius 1 is 0.935 bits per heavy atom. The number of alkyl halides is 3. The van der Waals surface area contributed by atoms with Crippen LogP contribution < -0.4 is 4.74 Å². The number of nitrogens with zero attached hydrogens (tertiary/aromatic N) is 2. The number of hydrogen-bond acceptors (Lipinski definition) is 4. The van der Waals surface area contributed by atoms with Crippen LogP contribution in [0, 0.1) is 0 Å². The van der Waals surface area contributed by atoms with Crippen LogP contribution >= 0.6 is 0 Å². The average Bonchev–Trinajstić information content (AvgIpc) is 2.88. The van der Waals surface area contributed by atoms with E-state index in [9.17, 15) is 22.8 Å². The summed E-state index contributed by atoms with van der Waals surface area (Å²) in [4.78, 5) is 26.3. The van der Waals surface area contributed by atoms with Crippen molar-refractivity contribution in [3.8, 4) is 5.75 Å². The van der Waals surface area contributed by atoms with Gasteiger partial charge in [0.1, 0.15) is 17.5 Å². The van der Waals surface area contributed by atoms with Crippen LogP contribution in [0.2, 0.25) is 0 Å². The number of fused-ring (bicyclic) bond motifs is 1. The molecule has 0 N–H and O–H groups in total. The maximum Gasteiger partial charge on any atom is 0.471 e. The lowest BCUT2D eigenvalue weighted by Gasteiger charge is -2.33. The maximum atomic E-state index is 12.7. The van der Waals surface area contributed by atoms with Gasteiger partial charge in [0.25, 0.3) is 0 Å². The van der Waals surface area contributed by atoms with Crippen LogP contribution in [0.15, 0.2) is 18.2 Å². The first-order valence-corrected chi connectivity index (χ1v) is 10.5. The molecule has 0 aliphatic carbocycles. The molecule has 1 aromatic carbocycles. The minimum atomic E-state index is -4.85. The lowest BCUT2D eigenvalue weighted by molar-refractivity contribution is -0.185. The Hall–Kier alpha value is -2.45. The van der Waals surface area contributed by atoms with Crippen molar-refractivity contribution in [2.24, 2.45) is 0 Å². The SMILES string of the molecule is CC(C)(C)OC(=O)N1CCC(Oc2ccc3c(c2)CCN(C(=O)C(F)(F)F)CC3)CC1. The second kappa shape index (κ2) is 8.96. The van der Waals surface area contributed by atoms with Crippen molar-refractivity contribution >= 4 is 12.0 Å². The summed E-state index contributed by atoms with van der Waals surface area (Å²) in [6.07, 6.45) is -3.15. The number of carbonyl (C=O) groups excluding carboxylic acids is 2. The summed E-state index contributed by atoms with van der Waals surface area (Å²) in [6.45, 7) is 6.65. The van der Waals surface area contributed by atoms with Crippen molar-refractivity contribution in [1.82, 2.24) is 9.80 Å². The van der Waals surface area contributed by atoms with E-state index in [1.807, 2.05) is 39.0 Å². The van der Waals surface area contributed by atoms with E-state index in [1.165, 1.54) is 0 Å². The predicted molar refractivity (Wildman–Crippen MR) is 108 cm³/mol. The van der Waals surface area contributed by atoms with Gasteiger partial charge in [-0.3, -0.25) is 4.79 Å². The first-order chi connectivity index (χ1) is 14.4. The molecule has 2 heterocycles. The quantitative estimate of drug-likeness (QED) is 0.696. The maximum absolute atomic E-state index is 12.7. The molecular weight excluding hydrogens is 413 g/mol. The Bertz CT molecular complexity index is 812. The molecule has 0 saturated carbocycles. The normalized spacial score (nSPS) is 18.3. The van der Waals surface area contributed by atoms with Gasteiger partial charge in [0.2, 0.25) is 0 Å². The van der Waals surface area contributed by atoms with Gasteiger partial charge >= 0.3 is 18.2 Å². The van der Waals surface area contributed by atoms with Crippen LogP contribution in [0.3, 0.4) is 0 Å². The molecule has 1 saturated heterocycles. The van der Waals surface area contributed by atoms with E-state index in [1.54, 1.807) is 4.90 Å². The Kier molecular flexibility index (Phi) is 6.71. The zero-order valence-electron chi connectivity index (χ0n) is 18.1. The monoisotopic (exact) mass is 442 g/mol. The van der Waals surface area contributed by atoms with Gasteiger partial charge < -0.3 is 19.3 Å². The summed E-state index contributed by atoms with van der Waals surface area (Å²) >= 11 is 0. The van der Waals surface area contributed by atoms with Crippen molar-refractivity contribution in [2.45, 2.75) is 64.3 Å². The summed E-state index contributed by atoms with van der Waals surface area (Å²) in [6, 6.07) is 5.54. The molecule has 9 heteroatoms. The van der Waals surface area contributed by atoms with E-state index in [0.29, 0.717) is 44.5 Å². The fraction of sp³-hybridized carbons (Fsp3) is 0.636. The van der Waals surface area contributed by atoms with Crippen LogP contribution in [0.5, 0.6) is 5.75 Å². The molecule has 0 atom stereocenters. The summed E-state index contributed by atoms with van der Waals surface area (Å²) in [5.41, 5.74) is 1.30. The molecule has 0 unspecified atom stereocenters. The standard InChI is InChI=1S/C22H29F3N2O4/c1-21(2,3)31-20(29)27-12-8-17(9-13-27)30-18-5-4-15-6-10-26(11-7-16(15)14-18)19(28)22(23,24)25/h4-5,14,17H,6-13H2,1-3H3. The molecule has 2 aliphatic rings. The molecule has 31 heavy (non-hydrogen) atoms. The largest absolute Gasteiger partial charge is 0.490 e. The number of carbonyl (C=O) groups is 2. The lowest BCUT2D eigenvalue weighted by Crippen LogP contribution is -2.44. The molecule has 172 valence electrons. The zero-order valence-corrected chi connectivity index (χ0v) is 18.1. The molecule has 0 aromatic heterocycles. The number of benzene rings is 1. The lowest BCUT2D eigenvalue weighted by atomic mass is 10.0. The highest BCUT2D eigenvalue weighted by Crippen LogP contribution is 2.27. The number of rotatable bonds is 2. The highest BCUT2D eigenvalue weighted by atomic mass is 19.4. The third-order valence-corrected chi connectivity index (χ3v) is 5.41. The molecule has 0 spiro atoms. The molecule has 1 fully saturated rings. The summed E-state index contributed by atoms with van der Waals surface area (Å²) in [7, 11) is 0. The van der Waals surface area contributed by atoms with Gasteiger partial charge in [-0.1, -0.05) is 6.07 Å². The Morgan fingerprint density at radius 2 is 1.55 bits per heavy atom. The number of likely N-dealkylation sites (tertiary alicyclic amines) is 1. The topological polar surface area (TPSA) is 59.1 Å². The molecule has 2 amide bonds. The predicted octanol–water partition coefficient (Wildman–Crippen LogP) is 3.95. The minimum Gasteiger partial charge on any atom is -0.490 e. The Balaban J connectivity index is 1.55. The minimum absolute atomic E-state index is 0.0308. The van der Waals surface area contributed by atoms with Gasteiger partial charge in [0, 0.05) is 39.0 Å². The second-order valence-corrected chi connectivity index (χ2v) is 9.01. The molecule has 0 bridgehead atoms.